The summed E-state index contributed by atoms with van der Waals surface area (Å²) in [7, 11) is 0. The van der Waals surface area contributed by atoms with Crippen molar-refractivity contribution >= 4 is 10.8 Å². The Hall–Kier alpha value is -1.48. The molecular weight excluding hydrogens is 150 g/mol. The molecule has 0 unspecified atom stereocenters. The minimum atomic E-state index is 0.474. The zero-order chi connectivity index (χ0) is 8.39. The number of pyridine rings is 2. The van der Waals surface area contributed by atoms with Crippen LogP contribution in [0.2, 0.25) is 0 Å². The molecule has 2 aromatic heterocycles. The second-order valence-electron chi connectivity index (χ2n) is 2.56. The van der Waals surface area contributed by atoms with Crippen LogP contribution in [0.1, 0.15) is 5.69 Å². The molecule has 0 aliphatic carbocycles. The molecule has 0 saturated carbocycles. The maximum atomic E-state index is 5.53. The molecule has 0 aliphatic heterocycles. The van der Waals surface area contributed by atoms with Gasteiger partial charge in [-0.2, -0.15) is 0 Å². The lowest BCUT2D eigenvalue weighted by molar-refractivity contribution is 1.01. The van der Waals surface area contributed by atoms with Gasteiger partial charge in [0.2, 0.25) is 0 Å². The molecule has 2 aromatic rings. The fourth-order valence-corrected chi connectivity index (χ4v) is 1.24. The summed E-state index contributed by atoms with van der Waals surface area (Å²) in [5.74, 6) is 0. The zero-order valence-corrected chi connectivity index (χ0v) is 6.57. The first kappa shape index (κ1) is 7.18. The number of nitrogens with zero attached hydrogens (tertiary/aromatic N) is 2. The van der Waals surface area contributed by atoms with E-state index >= 15 is 0 Å². The van der Waals surface area contributed by atoms with E-state index in [9.17, 15) is 0 Å². The summed E-state index contributed by atoms with van der Waals surface area (Å²) in [6, 6.07) is 3.87. The van der Waals surface area contributed by atoms with Gasteiger partial charge in [-0.25, -0.2) is 0 Å². The van der Waals surface area contributed by atoms with Crippen LogP contribution in [0.25, 0.3) is 10.8 Å². The number of nitrogens with two attached hydrogens (primary N) is 1. The molecule has 0 aromatic carbocycles. The van der Waals surface area contributed by atoms with Crippen LogP contribution in [0.15, 0.2) is 30.7 Å². The lowest BCUT2D eigenvalue weighted by Crippen LogP contribution is -1.99. The van der Waals surface area contributed by atoms with Gasteiger partial charge in [0.25, 0.3) is 0 Å². The summed E-state index contributed by atoms with van der Waals surface area (Å²) in [5, 5.41) is 2.18. The van der Waals surface area contributed by atoms with Crippen LogP contribution in [0.3, 0.4) is 0 Å². The molecule has 0 radical (unpaired) electrons. The Morgan fingerprint density at radius 2 is 2.17 bits per heavy atom. The van der Waals surface area contributed by atoms with Crippen molar-refractivity contribution in [3.63, 3.8) is 0 Å². The highest BCUT2D eigenvalue weighted by Gasteiger charge is 1.97. The standard InChI is InChI=1S/C9H9N3/c10-5-9-8-2-3-11-6-7(8)1-4-12-9/h1-4,6H,5,10H2. The lowest BCUT2D eigenvalue weighted by atomic mass is 10.2. The molecule has 0 aliphatic rings. The van der Waals surface area contributed by atoms with Crippen LogP contribution in [0.4, 0.5) is 0 Å². The van der Waals surface area contributed by atoms with E-state index in [1.165, 1.54) is 0 Å². The largest absolute Gasteiger partial charge is 0.325 e. The second kappa shape index (κ2) is 2.87. The molecule has 0 amide bonds. The maximum absolute atomic E-state index is 5.53. The number of rotatable bonds is 1. The van der Waals surface area contributed by atoms with E-state index in [0.29, 0.717) is 6.54 Å². The van der Waals surface area contributed by atoms with Gasteiger partial charge in [0.1, 0.15) is 0 Å². The van der Waals surface area contributed by atoms with Crippen LogP contribution < -0.4 is 5.73 Å². The van der Waals surface area contributed by atoms with Gasteiger partial charge in [-0.15, -0.1) is 0 Å². The normalized spacial score (nSPS) is 10.4. The van der Waals surface area contributed by atoms with Crippen molar-refractivity contribution in [2.24, 2.45) is 5.73 Å². The number of aromatic nitrogens is 2. The minimum absolute atomic E-state index is 0.474. The quantitative estimate of drug-likeness (QED) is 0.677. The molecule has 0 spiro atoms. The minimum Gasteiger partial charge on any atom is -0.325 e. The van der Waals surface area contributed by atoms with Crippen molar-refractivity contribution < 1.29 is 0 Å². The molecule has 0 atom stereocenters. The molecule has 2 rings (SSSR count). The SMILES string of the molecule is NCc1nccc2cnccc12. The Balaban J connectivity index is 2.79. The number of hydrogen-bond donors (Lipinski definition) is 1. The average Bonchev–Trinajstić information content (AvgIpc) is 2.17. The maximum Gasteiger partial charge on any atom is 0.0618 e. The molecule has 0 bridgehead atoms. The topological polar surface area (TPSA) is 51.8 Å². The van der Waals surface area contributed by atoms with Gasteiger partial charge in [-0.3, -0.25) is 9.97 Å². The summed E-state index contributed by atoms with van der Waals surface area (Å²) in [4.78, 5) is 8.19. The van der Waals surface area contributed by atoms with Crippen molar-refractivity contribution in [1.82, 2.24) is 9.97 Å². The van der Waals surface area contributed by atoms with Crippen LogP contribution in [0.5, 0.6) is 0 Å². The molecular formula is C9H9N3. The third kappa shape index (κ3) is 1.04. The monoisotopic (exact) mass is 159 g/mol. The van der Waals surface area contributed by atoms with E-state index in [1.54, 1.807) is 12.4 Å². The molecule has 12 heavy (non-hydrogen) atoms. The van der Waals surface area contributed by atoms with E-state index in [1.807, 2.05) is 18.3 Å². The van der Waals surface area contributed by atoms with Crippen molar-refractivity contribution in [3.8, 4) is 0 Å². The third-order valence-corrected chi connectivity index (χ3v) is 1.84. The summed E-state index contributed by atoms with van der Waals surface area (Å²) in [5.41, 5.74) is 6.46. The first-order valence-electron chi connectivity index (χ1n) is 3.79. The first-order valence-corrected chi connectivity index (χ1v) is 3.79. The summed E-state index contributed by atoms with van der Waals surface area (Å²) in [6.07, 6.45) is 5.32. The highest BCUT2D eigenvalue weighted by atomic mass is 14.7. The average molecular weight is 159 g/mol. The fraction of sp³-hybridized carbons (Fsp3) is 0.111. The van der Waals surface area contributed by atoms with Crippen molar-refractivity contribution in [3.05, 3.63) is 36.4 Å². The molecule has 60 valence electrons. The fourth-order valence-electron chi connectivity index (χ4n) is 1.24. The molecule has 2 N–H and O–H groups in total. The molecule has 0 fully saturated rings. The summed E-state index contributed by atoms with van der Waals surface area (Å²) < 4.78 is 0. The van der Waals surface area contributed by atoms with Crippen molar-refractivity contribution in [2.75, 3.05) is 0 Å². The van der Waals surface area contributed by atoms with Crippen molar-refractivity contribution in [2.45, 2.75) is 6.54 Å². The molecule has 2 heterocycles. The van der Waals surface area contributed by atoms with Crippen LogP contribution in [-0.2, 0) is 6.54 Å². The van der Waals surface area contributed by atoms with E-state index < -0.39 is 0 Å². The highest BCUT2D eigenvalue weighted by Crippen LogP contribution is 2.13. The van der Waals surface area contributed by atoms with Gasteiger partial charge in [-0.1, -0.05) is 0 Å². The van der Waals surface area contributed by atoms with Gasteiger partial charge in [0.15, 0.2) is 0 Å². The third-order valence-electron chi connectivity index (χ3n) is 1.84. The predicted octanol–water partition coefficient (Wildman–Crippen LogP) is 1.09. The summed E-state index contributed by atoms with van der Waals surface area (Å²) in [6.45, 7) is 0.474. The smallest absolute Gasteiger partial charge is 0.0618 e. The number of hydrogen-bond acceptors (Lipinski definition) is 3. The predicted molar refractivity (Wildman–Crippen MR) is 47.4 cm³/mol. The van der Waals surface area contributed by atoms with E-state index in [4.69, 9.17) is 5.73 Å². The Kier molecular flexibility index (Phi) is 1.72. The molecule has 3 nitrogen and oxygen atoms in total. The summed E-state index contributed by atoms with van der Waals surface area (Å²) >= 11 is 0. The van der Waals surface area contributed by atoms with E-state index in [0.717, 1.165) is 16.5 Å². The van der Waals surface area contributed by atoms with Gasteiger partial charge < -0.3 is 5.73 Å². The Morgan fingerprint density at radius 3 is 3.00 bits per heavy atom. The van der Waals surface area contributed by atoms with Gasteiger partial charge in [-0.05, 0) is 12.1 Å². The van der Waals surface area contributed by atoms with Gasteiger partial charge in [0.05, 0.1) is 5.69 Å². The van der Waals surface area contributed by atoms with Crippen LogP contribution in [-0.4, -0.2) is 9.97 Å². The molecule has 3 heteroatoms. The van der Waals surface area contributed by atoms with E-state index in [2.05, 4.69) is 9.97 Å². The Bertz CT molecular complexity index is 392. The lowest BCUT2D eigenvalue weighted by Gasteiger charge is -2.00. The molecule has 0 saturated heterocycles. The Morgan fingerprint density at radius 1 is 1.25 bits per heavy atom. The highest BCUT2D eigenvalue weighted by molar-refractivity contribution is 5.83. The van der Waals surface area contributed by atoms with Crippen molar-refractivity contribution in [1.29, 1.82) is 0 Å². The van der Waals surface area contributed by atoms with Gasteiger partial charge in [0, 0.05) is 35.9 Å². The zero-order valence-electron chi connectivity index (χ0n) is 6.57. The van der Waals surface area contributed by atoms with Gasteiger partial charge >= 0.3 is 0 Å². The van der Waals surface area contributed by atoms with Crippen LogP contribution in [0, 0.1) is 0 Å². The first-order chi connectivity index (χ1) is 5.92. The Labute approximate surface area is 70.3 Å². The van der Waals surface area contributed by atoms with Crippen LogP contribution >= 0.6 is 0 Å². The number of fused-ring (bicyclic) bond motifs is 1. The van der Waals surface area contributed by atoms with E-state index in [-0.39, 0.29) is 0 Å². The second-order valence-corrected chi connectivity index (χ2v) is 2.56.